The van der Waals surface area contributed by atoms with Gasteiger partial charge in [-0.3, -0.25) is 29.4 Å². The number of fused-ring (bicyclic) bond motifs is 4. The summed E-state index contributed by atoms with van der Waals surface area (Å²) >= 11 is 6.30. The molecular formula is C21H23ClN4O5. The molecule has 0 unspecified atom stereocenters. The molecule has 1 spiro atoms. The van der Waals surface area contributed by atoms with Gasteiger partial charge in [0.05, 0.1) is 35.2 Å². The first-order valence-corrected chi connectivity index (χ1v) is 10.9. The summed E-state index contributed by atoms with van der Waals surface area (Å²) < 4.78 is 5.63. The first kappa shape index (κ1) is 20.4. The molecule has 164 valence electrons. The molecule has 4 aliphatic rings. The quantitative estimate of drug-likeness (QED) is 0.565. The number of anilines is 1. The van der Waals surface area contributed by atoms with Crippen LogP contribution in [0.3, 0.4) is 0 Å². The van der Waals surface area contributed by atoms with Crippen LogP contribution in [-0.4, -0.2) is 53.8 Å². The van der Waals surface area contributed by atoms with E-state index in [1.54, 1.807) is 18.2 Å². The van der Waals surface area contributed by atoms with Crippen molar-refractivity contribution in [3.05, 3.63) is 28.8 Å². The molecule has 5 atom stereocenters. The number of halogens is 1. The van der Waals surface area contributed by atoms with E-state index >= 15 is 0 Å². The Morgan fingerprint density at radius 3 is 2.81 bits per heavy atom. The molecule has 4 N–H and O–H groups in total. The van der Waals surface area contributed by atoms with Gasteiger partial charge in [0.25, 0.3) is 0 Å². The van der Waals surface area contributed by atoms with E-state index in [0.29, 0.717) is 22.9 Å². The van der Waals surface area contributed by atoms with E-state index in [9.17, 15) is 19.2 Å². The van der Waals surface area contributed by atoms with Crippen molar-refractivity contribution in [2.75, 3.05) is 18.5 Å². The second-order valence-electron chi connectivity index (χ2n) is 8.61. The molecular weight excluding hydrogens is 424 g/mol. The van der Waals surface area contributed by atoms with Crippen molar-refractivity contribution in [2.24, 2.45) is 17.6 Å². The number of amides is 4. The van der Waals surface area contributed by atoms with E-state index in [0.717, 1.165) is 12.8 Å². The van der Waals surface area contributed by atoms with E-state index in [2.05, 4.69) is 10.6 Å². The van der Waals surface area contributed by atoms with Gasteiger partial charge >= 0.3 is 0 Å². The number of imide groups is 1. The van der Waals surface area contributed by atoms with Crippen molar-refractivity contribution in [3.63, 3.8) is 0 Å². The Hall–Kier alpha value is -2.49. The predicted octanol–water partition coefficient (Wildman–Crippen LogP) is 0.505. The molecule has 4 heterocycles. The Morgan fingerprint density at radius 2 is 2.10 bits per heavy atom. The van der Waals surface area contributed by atoms with E-state index in [-0.39, 0.29) is 31.4 Å². The van der Waals surface area contributed by atoms with E-state index in [1.165, 1.54) is 4.90 Å². The third-order valence-electron chi connectivity index (χ3n) is 6.90. The smallest absolute Gasteiger partial charge is 0.250 e. The van der Waals surface area contributed by atoms with Crippen molar-refractivity contribution < 1.29 is 23.9 Å². The lowest BCUT2D eigenvalue weighted by Crippen LogP contribution is -2.53. The maximum Gasteiger partial charge on any atom is 0.250 e. The Kier molecular flexibility index (Phi) is 4.80. The molecule has 0 saturated carbocycles. The number of carbonyl (C=O) groups excluding carboxylic acids is 4. The highest BCUT2D eigenvalue weighted by Gasteiger charge is 2.70. The Labute approximate surface area is 183 Å². The molecule has 0 aromatic heterocycles. The van der Waals surface area contributed by atoms with Crippen LogP contribution >= 0.6 is 11.6 Å². The molecule has 0 radical (unpaired) electrons. The van der Waals surface area contributed by atoms with Crippen molar-refractivity contribution >= 4 is 40.9 Å². The van der Waals surface area contributed by atoms with E-state index in [1.807, 2.05) is 0 Å². The second kappa shape index (κ2) is 7.29. The molecule has 0 aliphatic carbocycles. The number of nitrogens with zero attached hydrogens (tertiary/aromatic N) is 1. The topological polar surface area (TPSA) is 131 Å². The number of ether oxygens (including phenoxy) is 1. The van der Waals surface area contributed by atoms with E-state index in [4.69, 9.17) is 22.1 Å². The summed E-state index contributed by atoms with van der Waals surface area (Å²) in [5, 5.41) is 6.40. The molecule has 10 heteroatoms. The van der Waals surface area contributed by atoms with Crippen LogP contribution in [0.2, 0.25) is 5.02 Å². The summed E-state index contributed by atoms with van der Waals surface area (Å²) in [5.74, 6) is -3.38. The Bertz CT molecular complexity index is 994. The standard InChI is InChI=1S/C21H23ClN4O5/c22-12-5-1-4-11-17(12)24-20(30)21(11)16-15(13(25-21)6-7-14(23)27)18(28)26(19(16)29)9-10-3-2-8-31-10/h1,4-5,10,13,15-16,25H,2-3,6-9H2,(H2,23,27)(H,24,30)/t10-,13-,15+,16+,21-/m0/s1. The number of nitrogens with two attached hydrogens (primary N) is 1. The molecule has 4 amide bonds. The summed E-state index contributed by atoms with van der Waals surface area (Å²) in [4.78, 5) is 52.9. The number of carbonyl (C=O) groups is 4. The number of hydrogen-bond acceptors (Lipinski definition) is 6. The fourth-order valence-electron chi connectivity index (χ4n) is 5.57. The normalized spacial score (nSPS) is 33.8. The number of nitrogens with one attached hydrogen (secondary N) is 2. The van der Waals surface area contributed by atoms with Gasteiger partial charge in [0, 0.05) is 24.6 Å². The van der Waals surface area contributed by atoms with Gasteiger partial charge in [-0.25, -0.2) is 0 Å². The van der Waals surface area contributed by atoms with Gasteiger partial charge in [-0.05, 0) is 25.3 Å². The van der Waals surface area contributed by atoms with Gasteiger partial charge in [-0.1, -0.05) is 23.7 Å². The van der Waals surface area contributed by atoms with Crippen LogP contribution in [0.1, 0.15) is 31.2 Å². The van der Waals surface area contributed by atoms with Gasteiger partial charge < -0.3 is 15.8 Å². The first-order valence-electron chi connectivity index (χ1n) is 10.5. The van der Waals surface area contributed by atoms with Crippen molar-refractivity contribution in [2.45, 2.75) is 43.4 Å². The summed E-state index contributed by atoms with van der Waals surface area (Å²) in [6.07, 6.45) is 1.75. The summed E-state index contributed by atoms with van der Waals surface area (Å²) in [6.45, 7) is 0.780. The maximum absolute atomic E-state index is 13.6. The lowest BCUT2D eigenvalue weighted by Gasteiger charge is -2.30. The molecule has 31 heavy (non-hydrogen) atoms. The summed E-state index contributed by atoms with van der Waals surface area (Å²) in [6, 6.07) is 4.55. The molecule has 0 bridgehead atoms. The minimum atomic E-state index is -1.43. The van der Waals surface area contributed by atoms with Gasteiger partial charge in [0.1, 0.15) is 5.54 Å². The van der Waals surface area contributed by atoms with Gasteiger partial charge in [-0.15, -0.1) is 0 Å². The highest BCUT2D eigenvalue weighted by molar-refractivity contribution is 6.35. The lowest BCUT2D eigenvalue weighted by atomic mass is 9.76. The first-order chi connectivity index (χ1) is 14.8. The van der Waals surface area contributed by atoms with Crippen molar-refractivity contribution in [1.29, 1.82) is 0 Å². The minimum Gasteiger partial charge on any atom is -0.376 e. The monoisotopic (exact) mass is 446 g/mol. The number of hydrogen-bond donors (Lipinski definition) is 3. The molecule has 4 aliphatic heterocycles. The Balaban J connectivity index is 1.57. The van der Waals surface area contributed by atoms with Crippen LogP contribution in [0.15, 0.2) is 18.2 Å². The average Bonchev–Trinajstić information content (AvgIpc) is 3.47. The summed E-state index contributed by atoms with van der Waals surface area (Å²) in [7, 11) is 0. The maximum atomic E-state index is 13.6. The lowest BCUT2D eigenvalue weighted by molar-refractivity contribution is -0.144. The van der Waals surface area contributed by atoms with Gasteiger partial charge in [0.15, 0.2) is 0 Å². The average molecular weight is 447 g/mol. The third-order valence-corrected chi connectivity index (χ3v) is 7.22. The van der Waals surface area contributed by atoms with Crippen molar-refractivity contribution in [3.8, 4) is 0 Å². The second-order valence-corrected chi connectivity index (χ2v) is 9.01. The molecule has 3 saturated heterocycles. The number of likely N-dealkylation sites (tertiary alicyclic amines) is 1. The minimum absolute atomic E-state index is 0.0359. The molecule has 1 aromatic rings. The predicted molar refractivity (Wildman–Crippen MR) is 110 cm³/mol. The van der Waals surface area contributed by atoms with Crippen LogP contribution < -0.4 is 16.4 Å². The fraction of sp³-hybridized carbons (Fsp3) is 0.524. The zero-order chi connectivity index (χ0) is 21.9. The fourth-order valence-corrected chi connectivity index (χ4v) is 5.79. The number of rotatable bonds is 5. The van der Waals surface area contributed by atoms with Crippen LogP contribution in [0, 0.1) is 11.8 Å². The van der Waals surface area contributed by atoms with E-state index < -0.39 is 41.1 Å². The zero-order valence-corrected chi connectivity index (χ0v) is 17.5. The number of benzene rings is 1. The van der Waals surface area contributed by atoms with Crippen LogP contribution in [-0.2, 0) is 29.5 Å². The van der Waals surface area contributed by atoms with Crippen molar-refractivity contribution in [1.82, 2.24) is 10.2 Å². The molecule has 1 aromatic carbocycles. The highest BCUT2D eigenvalue weighted by atomic mass is 35.5. The number of primary amides is 1. The molecule has 5 rings (SSSR count). The largest absolute Gasteiger partial charge is 0.376 e. The Morgan fingerprint density at radius 1 is 1.29 bits per heavy atom. The zero-order valence-electron chi connectivity index (χ0n) is 16.7. The van der Waals surface area contributed by atoms with Crippen LogP contribution in [0.4, 0.5) is 5.69 Å². The van der Waals surface area contributed by atoms with Gasteiger partial charge in [-0.2, -0.15) is 0 Å². The summed E-state index contributed by atoms with van der Waals surface area (Å²) in [5.41, 5.74) is 4.89. The third kappa shape index (κ3) is 2.90. The van der Waals surface area contributed by atoms with Gasteiger partial charge in [0.2, 0.25) is 23.6 Å². The SMILES string of the molecule is NC(=O)CC[C@@H]1N[C@]2(C(=O)Nc3c(Cl)cccc32)[C@H]2C(=O)N(C[C@@H]3CCCO3)C(=O)[C@H]12. The number of para-hydroxylation sites is 1. The van der Waals surface area contributed by atoms with Crippen LogP contribution in [0.25, 0.3) is 0 Å². The molecule has 9 nitrogen and oxygen atoms in total. The molecule has 3 fully saturated rings. The van der Waals surface area contributed by atoms with Crippen LogP contribution in [0.5, 0.6) is 0 Å². The highest BCUT2D eigenvalue weighted by Crippen LogP contribution is 2.54.